The molecule has 1 rings (SSSR count). The quantitative estimate of drug-likeness (QED) is 0.908. The van der Waals surface area contributed by atoms with E-state index in [-0.39, 0.29) is 11.3 Å². The van der Waals surface area contributed by atoms with Gasteiger partial charge in [-0.2, -0.15) is 0 Å². The average Bonchev–Trinajstić information content (AvgIpc) is 2.31. The van der Waals surface area contributed by atoms with E-state index in [0.717, 1.165) is 10.0 Å². The van der Waals surface area contributed by atoms with Crippen molar-refractivity contribution in [3.63, 3.8) is 0 Å². The van der Waals surface area contributed by atoms with Gasteiger partial charge in [0.15, 0.2) is 0 Å². The first-order chi connectivity index (χ1) is 8.35. The Kier molecular flexibility index (Phi) is 5.35. The maximum atomic E-state index is 12.1. The molecule has 0 bridgehead atoms. The first-order valence-corrected chi connectivity index (χ1v) is 6.82. The summed E-state index contributed by atoms with van der Waals surface area (Å²) in [4.78, 5) is 13.8. The Balaban J connectivity index is 2.63. The molecule has 0 radical (unpaired) electrons. The molecular weight excluding hydrogens is 292 g/mol. The summed E-state index contributed by atoms with van der Waals surface area (Å²) in [6.45, 7) is 5.15. The van der Waals surface area contributed by atoms with Crippen LogP contribution in [0.15, 0.2) is 28.7 Å². The fourth-order valence-corrected chi connectivity index (χ4v) is 2.00. The van der Waals surface area contributed by atoms with Crippen LogP contribution in [-0.4, -0.2) is 24.4 Å². The molecule has 1 aromatic rings. The fourth-order valence-electron chi connectivity index (χ4n) is 1.59. The van der Waals surface area contributed by atoms with E-state index >= 15 is 0 Å². The molecule has 0 fully saturated rings. The monoisotopic (exact) mass is 312 g/mol. The van der Waals surface area contributed by atoms with Gasteiger partial charge in [0.2, 0.25) is 5.91 Å². The van der Waals surface area contributed by atoms with Crippen molar-refractivity contribution in [3.05, 3.63) is 34.3 Å². The smallest absolute Gasteiger partial charge is 0.223 e. The van der Waals surface area contributed by atoms with Gasteiger partial charge in [-0.3, -0.25) is 4.79 Å². The zero-order chi connectivity index (χ0) is 13.8. The Bertz CT molecular complexity index is 418. The Morgan fingerprint density at radius 3 is 2.56 bits per heavy atom. The lowest BCUT2D eigenvalue weighted by atomic mass is 9.89. The van der Waals surface area contributed by atoms with Crippen molar-refractivity contribution < 1.29 is 4.79 Å². The molecule has 0 heterocycles. The molecule has 0 atom stereocenters. The number of nitrogens with two attached hydrogens (primary N) is 1. The van der Waals surface area contributed by atoms with Crippen molar-refractivity contribution in [2.24, 2.45) is 11.1 Å². The highest BCUT2D eigenvalue weighted by Crippen LogP contribution is 2.21. The summed E-state index contributed by atoms with van der Waals surface area (Å²) in [7, 11) is 1.83. The highest BCUT2D eigenvalue weighted by molar-refractivity contribution is 9.10. The van der Waals surface area contributed by atoms with Crippen LogP contribution in [0.4, 0.5) is 0 Å². The minimum Gasteiger partial charge on any atom is -0.341 e. The number of carbonyl (C=O) groups is 1. The van der Waals surface area contributed by atoms with E-state index in [1.807, 2.05) is 45.2 Å². The zero-order valence-corrected chi connectivity index (χ0v) is 12.8. The summed E-state index contributed by atoms with van der Waals surface area (Å²) >= 11 is 3.49. The maximum absolute atomic E-state index is 12.1. The molecule has 0 aromatic heterocycles. The van der Waals surface area contributed by atoms with E-state index in [2.05, 4.69) is 15.9 Å². The number of amides is 1. The SMILES string of the molecule is CN(Cc1ccccc1Br)C(=O)CC(C)(C)CN. The van der Waals surface area contributed by atoms with Crippen molar-refractivity contribution in [1.82, 2.24) is 4.90 Å². The molecule has 4 heteroatoms. The average molecular weight is 313 g/mol. The molecule has 18 heavy (non-hydrogen) atoms. The van der Waals surface area contributed by atoms with Crippen LogP contribution >= 0.6 is 15.9 Å². The summed E-state index contributed by atoms with van der Waals surface area (Å²) < 4.78 is 1.03. The molecule has 0 aliphatic carbocycles. The third-order valence-electron chi connectivity index (χ3n) is 2.97. The number of benzene rings is 1. The predicted molar refractivity (Wildman–Crippen MR) is 78.1 cm³/mol. The van der Waals surface area contributed by atoms with Crippen molar-refractivity contribution in [3.8, 4) is 0 Å². The number of halogens is 1. The number of nitrogens with zero attached hydrogens (tertiary/aromatic N) is 1. The van der Waals surface area contributed by atoms with Gasteiger partial charge < -0.3 is 10.6 Å². The van der Waals surface area contributed by atoms with Crippen LogP contribution in [0.25, 0.3) is 0 Å². The summed E-state index contributed by atoms with van der Waals surface area (Å²) in [5, 5.41) is 0. The molecule has 2 N–H and O–H groups in total. The molecule has 0 aliphatic heterocycles. The van der Waals surface area contributed by atoms with Crippen LogP contribution < -0.4 is 5.73 Å². The van der Waals surface area contributed by atoms with Crippen LogP contribution in [0.5, 0.6) is 0 Å². The van der Waals surface area contributed by atoms with Crippen molar-refractivity contribution >= 4 is 21.8 Å². The van der Waals surface area contributed by atoms with Gasteiger partial charge in [0.05, 0.1) is 0 Å². The number of hydrogen-bond acceptors (Lipinski definition) is 2. The number of rotatable bonds is 5. The van der Waals surface area contributed by atoms with Crippen LogP contribution in [0, 0.1) is 5.41 Å². The minimum absolute atomic E-state index is 0.126. The second kappa shape index (κ2) is 6.34. The Labute approximate surface area is 117 Å². The van der Waals surface area contributed by atoms with E-state index in [1.165, 1.54) is 0 Å². The summed E-state index contributed by atoms with van der Waals surface area (Å²) in [6, 6.07) is 7.94. The van der Waals surface area contributed by atoms with Crippen LogP contribution in [0.2, 0.25) is 0 Å². The van der Waals surface area contributed by atoms with Crippen molar-refractivity contribution in [2.75, 3.05) is 13.6 Å². The number of hydrogen-bond donors (Lipinski definition) is 1. The van der Waals surface area contributed by atoms with Gasteiger partial charge in [0.1, 0.15) is 0 Å². The maximum Gasteiger partial charge on any atom is 0.223 e. The second-order valence-electron chi connectivity index (χ2n) is 5.39. The predicted octanol–water partition coefficient (Wildman–Crippen LogP) is 2.78. The van der Waals surface area contributed by atoms with E-state index in [0.29, 0.717) is 19.5 Å². The second-order valence-corrected chi connectivity index (χ2v) is 6.24. The van der Waals surface area contributed by atoms with E-state index in [4.69, 9.17) is 5.73 Å². The van der Waals surface area contributed by atoms with Gasteiger partial charge >= 0.3 is 0 Å². The van der Waals surface area contributed by atoms with Crippen LogP contribution in [0.1, 0.15) is 25.8 Å². The third kappa shape index (κ3) is 4.42. The molecule has 1 aromatic carbocycles. The molecule has 0 unspecified atom stereocenters. The normalized spacial score (nSPS) is 11.4. The molecule has 100 valence electrons. The van der Waals surface area contributed by atoms with Crippen LogP contribution in [-0.2, 0) is 11.3 Å². The highest BCUT2D eigenvalue weighted by atomic mass is 79.9. The topological polar surface area (TPSA) is 46.3 Å². The molecule has 3 nitrogen and oxygen atoms in total. The lowest BCUT2D eigenvalue weighted by molar-refractivity contribution is -0.132. The minimum atomic E-state index is -0.140. The standard InChI is InChI=1S/C14H21BrN2O/c1-14(2,10-16)8-13(18)17(3)9-11-6-4-5-7-12(11)15/h4-7H,8-10,16H2,1-3H3. The van der Waals surface area contributed by atoms with Gasteiger partial charge in [0, 0.05) is 24.5 Å². The van der Waals surface area contributed by atoms with Gasteiger partial charge in [-0.25, -0.2) is 0 Å². The van der Waals surface area contributed by atoms with E-state index in [9.17, 15) is 4.79 Å². The fraction of sp³-hybridized carbons (Fsp3) is 0.500. The van der Waals surface area contributed by atoms with E-state index in [1.54, 1.807) is 4.90 Å². The molecule has 0 aliphatic rings. The molecule has 0 saturated carbocycles. The molecule has 0 saturated heterocycles. The van der Waals surface area contributed by atoms with Gasteiger partial charge in [-0.15, -0.1) is 0 Å². The Morgan fingerprint density at radius 2 is 2.00 bits per heavy atom. The summed E-state index contributed by atoms with van der Waals surface area (Å²) in [5.41, 5.74) is 6.62. The van der Waals surface area contributed by atoms with Crippen LogP contribution in [0.3, 0.4) is 0 Å². The zero-order valence-electron chi connectivity index (χ0n) is 11.2. The number of carbonyl (C=O) groups excluding carboxylic acids is 1. The van der Waals surface area contributed by atoms with E-state index < -0.39 is 0 Å². The van der Waals surface area contributed by atoms with Gasteiger partial charge in [-0.1, -0.05) is 48.0 Å². The largest absolute Gasteiger partial charge is 0.341 e. The van der Waals surface area contributed by atoms with Gasteiger partial charge in [-0.05, 0) is 23.6 Å². The van der Waals surface area contributed by atoms with Crippen molar-refractivity contribution in [1.29, 1.82) is 0 Å². The highest BCUT2D eigenvalue weighted by Gasteiger charge is 2.22. The molecule has 1 amide bonds. The van der Waals surface area contributed by atoms with Crippen molar-refractivity contribution in [2.45, 2.75) is 26.8 Å². The molecular formula is C14H21BrN2O. The Morgan fingerprint density at radius 1 is 1.39 bits per heavy atom. The Hall–Kier alpha value is -0.870. The first-order valence-electron chi connectivity index (χ1n) is 6.03. The van der Waals surface area contributed by atoms with Gasteiger partial charge in [0.25, 0.3) is 0 Å². The summed E-state index contributed by atoms with van der Waals surface area (Å²) in [5.74, 6) is 0.126. The lowest BCUT2D eigenvalue weighted by Gasteiger charge is -2.25. The lowest BCUT2D eigenvalue weighted by Crippen LogP contribution is -2.34. The molecule has 0 spiro atoms. The summed E-state index contributed by atoms with van der Waals surface area (Å²) in [6.07, 6.45) is 0.477. The third-order valence-corrected chi connectivity index (χ3v) is 3.75. The first kappa shape index (κ1) is 15.2.